The van der Waals surface area contributed by atoms with Crippen molar-refractivity contribution in [3.8, 4) is 0 Å². The summed E-state index contributed by atoms with van der Waals surface area (Å²) >= 11 is 29.2. The number of carbonyl (C=O) groups excluding carboxylic acids is 2. The average Bonchev–Trinajstić information content (AvgIpc) is 2.67. The van der Waals surface area contributed by atoms with E-state index in [0.29, 0.717) is 11.3 Å². The molecule has 1 unspecified atom stereocenters. The minimum Gasteiger partial charge on any atom is -0.462 e. The first-order valence-electron chi connectivity index (χ1n) is 8.58. The lowest BCUT2D eigenvalue weighted by Crippen LogP contribution is -2.56. The molecule has 6 nitrogen and oxygen atoms in total. The molecule has 0 fully saturated rings. The van der Waals surface area contributed by atoms with Gasteiger partial charge in [-0.2, -0.15) is 0 Å². The molecule has 1 atom stereocenters. The van der Waals surface area contributed by atoms with Gasteiger partial charge in [0.25, 0.3) is 5.91 Å². The van der Waals surface area contributed by atoms with Gasteiger partial charge in [0, 0.05) is 5.69 Å². The lowest BCUT2D eigenvalue weighted by atomic mass is 10.2. The molecule has 0 aromatic heterocycles. The minimum atomic E-state index is -1.92. The van der Waals surface area contributed by atoms with Crippen molar-refractivity contribution in [1.82, 2.24) is 10.6 Å². The molecule has 160 valence electrons. The van der Waals surface area contributed by atoms with E-state index in [2.05, 4.69) is 16.0 Å². The number of esters is 1. The van der Waals surface area contributed by atoms with E-state index in [1.54, 1.807) is 49.4 Å². The lowest BCUT2D eigenvalue weighted by Gasteiger charge is -2.28. The Hall–Kier alpha value is -1.77. The molecule has 0 bridgehead atoms. The van der Waals surface area contributed by atoms with Gasteiger partial charge in [-0.15, -0.1) is 0 Å². The van der Waals surface area contributed by atoms with E-state index in [9.17, 15) is 9.59 Å². The molecule has 2 aromatic rings. The molecule has 0 aliphatic rings. The van der Waals surface area contributed by atoms with Gasteiger partial charge >= 0.3 is 5.97 Å². The largest absolute Gasteiger partial charge is 0.462 e. The van der Waals surface area contributed by atoms with Crippen molar-refractivity contribution >= 4 is 81.3 Å². The van der Waals surface area contributed by atoms with Crippen LogP contribution in [0.2, 0.25) is 5.02 Å². The van der Waals surface area contributed by atoms with Crippen LogP contribution >= 0.6 is 58.6 Å². The average molecular weight is 509 g/mol. The molecule has 0 aliphatic heterocycles. The number of carbonyl (C=O) groups is 2. The Morgan fingerprint density at radius 3 is 2.27 bits per heavy atom. The van der Waals surface area contributed by atoms with E-state index in [1.807, 2.05) is 0 Å². The summed E-state index contributed by atoms with van der Waals surface area (Å²) in [5, 5.41) is 8.50. The van der Waals surface area contributed by atoms with Crippen LogP contribution in [0, 0.1) is 0 Å². The smallest absolute Gasteiger partial charge is 0.338 e. The van der Waals surface area contributed by atoms with Gasteiger partial charge in [-0.25, -0.2) is 4.79 Å². The van der Waals surface area contributed by atoms with Crippen molar-refractivity contribution in [2.45, 2.75) is 16.9 Å². The number of benzene rings is 2. The molecule has 0 spiro atoms. The van der Waals surface area contributed by atoms with Crippen molar-refractivity contribution in [3.05, 3.63) is 64.7 Å². The highest BCUT2D eigenvalue weighted by molar-refractivity contribution is 7.80. The van der Waals surface area contributed by atoms with E-state index in [4.69, 9.17) is 63.4 Å². The predicted octanol–water partition coefficient (Wildman–Crippen LogP) is 4.93. The normalized spacial score (nSPS) is 11.9. The molecule has 0 saturated heterocycles. The highest BCUT2D eigenvalue weighted by Crippen LogP contribution is 2.29. The molecule has 0 aliphatic carbocycles. The Morgan fingerprint density at radius 1 is 1.07 bits per heavy atom. The minimum absolute atomic E-state index is 0.0784. The fourth-order valence-corrected chi connectivity index (χ4v) is 3.04. The predicted molar refractivity (Wildman–Crippen MR) is 125 cm³/mol. The van der Waals surface area contributed by atoms with E-state index >= 15 is 0 Å². The third-order valence-electron chi connectivity index (χ3n) is 3.65. The zero-order chi connectivity index (χ0) is 22.3. The zero-order valence-corrected chi connectivity index (χ0v) is 19.4. The van der Waals surface area contributed by atoms with Gasteiger partial charge < -0.3 is 20.7 Å². The van der Waals surface area contributed by atoms with Crippen molar-refractivity contribution in [2.75, 3.05) is 11.9 Å². The Morgan fingerprint density at radius 2 is 1.70 bits per heavy atom. The van der Waals surface area contributed by atoms with Crippen LogP contribution in [0.25, 0.3) is 0 Å². The van der Waals surface area contributed by atoms with Gasteiger partial charge in [-0.05, 0) is 55.5 Å². The molecule has 2 rings (SSSR count). The maximum Gasteiger partial charge on any atom is 0.338 e. The summed E-state index contributed by atoms with van der Waals surface area (Å²) in [6.07, 6.45) is -1.16. The summed E-state index contributed by atoms with van der Waals surface area (Å²) in [7, 11) is 0. The third-order valence-corrected chi connectivity index (χ3v) is 4.85. The number of hydrogen-bond acceptors (Lipinski definition) is 4. The number of anilines is 1. The van der Waals surface area contributed by atoms with Crippen molar-refractivity contribution in [1.29, 1.82) is 0 Å². The van der Waals surface area contributed by atoms with Gasteiger partial charge in [-0.3, -0.25) is 4.79 Å². The monoisotopic (exact) mass is 507 g/mol. The fourth-order valence-electron chi connectivity index (χ4n) is 2.26. The Kier molecular flexibility index (Phi) is 9.00. The van der Waals surface area contributed by atoms with E-state index in [-0.39, 0.29) is 22.3 Å². The number of halogens is 4. The number of alkyl halides is 3. The quantitative estimate of drug-likeness (QED) is 0.222. The third kappa shape index (κ3) is 7.18. The van der Waals surface area contributed by atoms with E-state index in [1.165, 1.54) is 6.07 Å². The molecule has 30 heavy (non-hydrogen) atoms. The molecule has 0 saturated carbocycles. The van der Waals surface area contributed by atoms with E-state index < -0.39 is 21.8 Å². The van der Waals surface area contributed by atoms with Gasteiger partial charge in [0.15, 0.2) is 5.11 Å². The summed E-state index contributed by atoms with van der Waals surface area (Å²) in [6, 6.07) is 12.9. The maximum absolute atomic E-state index is 12.5. The SMILES string of the molecule is CCOC(=O)c1ccc(NC(=S)NC(NC(=O)c2ccccc2Cl)C(Cl)(Cl)Cl)cc1. The molecule has 1 amide bonds. The van der Waals surface area contributed by atoms with Crippen molar-refractivity contribution < 1.29 is 14.3 Å². The molecule has 3 N–H and O–H groups in total. The second-order valence-corrected chi connectivity index (χ2v) is 9.01. The molecular formula is C19H17Cl4N3O3S. The highest BCUT2D eigenvalue weighted by Gasteiger charge is 2.35. The second kappa shape index (κ2) is 11.0. The Labute approximate surface area is 199 Å². The highest BCUT2D eigenvalue weighted by atomic mass is 35.6. The molecule has 2 aromatic carbocycles. The van der Waals surface area contributed by atoms with Crippen LogP contribution in [0.1, 0.15) is 27.6 Å². The maximum atomic E-state index is 12.5. The van der Waals surface area contributed by atoms with Crippen LogP contribution in [0.3, 0.4) is 0 Å². The summed E-state index contributed by atoms with van der Waals surface area (Å²) in [6.45, 7) is 2.01. The standard InChI is InChI=1S/C19H17Cl4N3O3S/c1-2-29-16(28)11-7-9-12(10-8-11)24-18(30)26-17(19(21,22)23)25-15(27)13-5-3-4-6-14(13)20/h3-10,17H,2H2,1H3,(H,25,27)(H2,24,26,30). The van der Waals surface area contributed by atoms with Crippen molar-refractivity contribution in [3.63, 3.8) is 0 Å². The summed E-state index contributed by atoms with van der Waals surface area (Å²) < 4.78 is 3.01. The fraction of sp³-hybridized carbons (Fsp3) is 0.211. The van der Waals surface area contributed by atoms with Crippen LogP contribution in [-0.2, 0) is 4.74 Å². The van der Waals surface area contributed by atoms with Crippen molar-refractivity contribution in [2.24, 2.45) is 0 Å². The van der Waals surface area contributed by atoms with Crippen LogP contribution in [-0.4, -0.2) is 33.6 Å². The number of thiocarbonyl (C=S) groups is 1. The first-order valence-corrected chi connectivity index (χ1v) is 10.5. The van der Waals surface area contributed by atoms with Crippen LogP contribution in [0.5, 0.6) is 0 Å². The summed E-state index contributed by atoms with van der Waals surface area (Å²) in [5.74, 6) is -0.977. The van der Waals surface area contributed by atoms with E-state index in [0.717, 1.165) is 0 Å². The lowest BCUT2D eigenvalue weighted by molar-refractivity contribution is 0.0526. The van der Waals surface area contributed by atoms with Crippen LogP contribution < -0.4 is 16.0 Å². The van der Waals surface area contributed by atoms with Crippen LogP contribution in [0.15, 0.2) is 48.5 Å². The number of amides is 1. The topological polar surface area (TPSA) is 79.5 Å². The number of nitrogens with one attached hydrogen (secondary N) is 3. The molecule has 11 heteroatoms. The van der Waals surface area contributed by atoms with Gasteiger partial charge in [0.1, 0.15) is 6.17 Å². The van der Waals surface area contributed by atoms with Gasteiger partial charge in [-0.1, -0.05) is 58.5 Å². The Balaban J connectivity index is 2.04. The summed E-state index contributed by atoms with van der Waals surface area (Å²) in [4.78, 5) is 24.2. The van der Waals surface area contributed by atoms with Gasteiger partial charge in [0.2, 0.25) is 3.79 Å². The first kappa shape index (κ1) is 24.5. The number of rotatable bonds is 6. The van der Waals surface area contributed by atoms with Crippen LogP contribution in [0.4, 0.5) is 5.69 Å². The Bertz CT molecular complexity index is 920. The molecule has 0 radical (unpaired) electrons. The number of hydrogen-bond donors (Lipinski definition) is 3. The zero-order valence-electron chi connectivity index (χ0n) is 15.5. The number of ether oxygens (including phenoxy) is 1. The molecule has 0 heterocycles. The summed E-state index contributed by atoms with van der Waals surface area (Å²) in [5.41, 5.74) is 1.18. The van der Waals surface area contributed by atoms with Gasteiger partial charge in [0.05, 0.1) is 22.8 Å². The first-order chi connectivity index (χ1) is 14.1. The second-order valence-electron chi connectivity index (χ2n) is 5.82. The molecular weight excluding hydrogens is 492 g/mol.